The van der Waals surface area contributed by atoms with Gasteiger partial charge in [0.2, 0.25) is 0 Å². The van der Waals surface area contributed by atoms with Gasteiger partial charge in [0, 0.05) is 21.9 Å². The van der Waals surface area contributed by atoms with Gasteiger partial charge >= 0.3 is 5.97 Å². The Bertz CT molecular complexity index is 1560. The van der Waals surface area contributed by atoms with Crippen molar-refractivity contribution in [3.05, 3.63) is 85.0 Å². The summed E-state index contributed by atoms with van der Waals surface area (Å²) in [5.74, 6) is 0.530. The number of aromatic nitrogens is 2. The number of hydrogen-bond acceptors (Lipinski definition) is 8. The van der Waals surface area contributed by atoms with Crippen molar-refractivity contribution in [2.45, 2.75) is 38.2 Å². The number of thiophene rings is 1. The van der Waals surface area contributed by atoms with Gasteiger partial charge in [-0.15, -0.1) is 11.3 Å². The summed E-state index contributed by atoms with van der Waals surface area (Å²) in [6, 6.07) is 12.6. The van der Waals surface area contributed by atoms with E-state index in [9.17, 15) is 14.4 Å². The lowest BCUT2D eigenvalue weighted by atomic mass is 10.1. The number of Topliss-reactive ketones (excluding diaryl/α,β-unsaturated/α-hetero) is 1. The van der Waals surface area contributed by atoms with Gasteiger partial charge in [-0.25, -0.2) is 9.78 Å². The maximum absolute atomic E-state index is 13.8. The standard InChI is InChI=1S/C27H25ClN2O5S2/c1-5-35-26(33)23-15(2)22-24(37-23)29-27(30(25(22)32)13-17-7-6-8-20(28)11-17)36-14-19-12-18(16(3)31)9-10-21(19)34-4/h6-12H,5,13-14H2,1-4H3. The Hall–Kier alpha value is -3.14. The Balaban J connectivity index is 1.82. The number of carbonyl (C=O) groups is 2. The van der Waals surface area contributed by atoms with Crippen molar-refractivity contribution in [2.24, 2.45) is 0 Å². The van der Waals surface area contributed by atoms with Crippen molar-refractivity contribution in [3.8, 4) is 5.75 Å². The molecule has 0 aliphatic heterocycles. The molecule has 2 aromatic heterocycles. The van der Waals surface area contributed by atoms with E-state index in [1.165, 1.54) is 18.7 Å². The van der Waals surface area contributed by atoms with Crippen LogP contribution in [-0.4, -0.2) is 35.0 Å². The molecule has 192 valence electrons. The van der Waals surface area contributed by atoms with Gasteiger partial charge < -0.3 is 9.47 Å². The predicted molar refractivity (Wildman–Crippen MR) is 148 cm³/mol. The molecule has 2 aromatic carbocycles. The number of nitrogens with zero attached hydrogens (tertiary/aromatic N) is 2. The van der Waals surface area contributed by atoms with Gasteiger partial charge in [0.15, 0.2) is 10.9 Å². The fourth-order valence-corrected chi connectivity index (χ4v) is 6.21. The molecule has 4 aromatic rings. The number of carbonyl (C=O) groups excluding carboxylic acids is 2. The van der Waals surface area contributed by atoms with E-state index in [-0.39, 0.29) is 24.5 Å². The highest BCUT2D eigenvalue weighted by molar-refractivity contribution is 7.98. The van der Waals surface area contributed by atoms with Crippen LogP contribution in [-0.2, 0) is 17.0 Å². The number of hydrogen-bond donors (Lipinski definition) is 0. The average molecular weight is 557 g/mol. The van der Waals surface area contributed by atoms with Crippen LogP contribution in [0.3, 0.4) is 0 Å². The first-order chi connectivity index (χ1) is 17.7. The minimum atomic E-state index is -0.469. The molecule has 0 saturated carbocycles. The molecular weight excluding hydrogens is 532 g/mol. The quantitative estimate of drug-likeness (QED) is 0.106. The summed E-state index contributed by atoms with van der Waals surface area (Å²) >= 11 is 8.70. The Morgan fingerprint density at radius 1 is 1.19 bits per heavy atom. The molecule has 0 atom stereocenters. The largest absolute Gasteiger partial charge is 0.496 e. The van der Waals surface area contributed by atoms with E-state index < -0.39 is 5.97 Å². The molecule has 2 heterocycles. The monoisotopic (exact) mass is 556 g/mol. The summed E-state index contributed by atoms with van der Waals surface area (Å²) in [4.78, 5) is 43.9. The number of esters is 1. The van der Waals surface area contributed by atoms with Gasteiger partial charge in [0.05, 0.1) is 25.6 Å². The summed E-state index contributed by atoms with van der Waals surface area (Å²) in [5.41, 5.74) is 2.53. The van der Waals surface area contributed by atoms with Crippen molar-refractivity contribution < 1.29 is 19.1 Å². The third-order valence-corrected chi connectivity index (χ3v) is 8.18. The number of ketones is 1. The summed E-state index contributed by atoms with van der Waals surface area (Å²) in [7, 11) is 1.57. The summed E-state index contributed by atoms with van der Waals surface area (Å²) in [6.45, 7) is 5.47. The molecule has 10 heteroatoms. The van der Waals surface area contributed by atoms with Crippen LogP contribution in [0.4, 0.5) is 0 Å². The van der Waals surface area contributed by atoms with E-state index in [0.29, 0.717) is 47.9 Å². The lowest BCUT2D eigenvalue weighted by Crippen LogP contribution is -2.24. The first kappa shape index (κ1) is 26.9. The van der Waals surface area contributed by atoms with Crippen LogP contribution in [0.5, 0.6) is 5.75 Å². The van der Waals surface area contributed by atoms with Gasteiger partial charge in [0.1, 0.15) is 15.5 Å². The second-order valence-electron chi connectivity index (χ2n) is 8.24. The van der Waals surface area contributed by atoms with Crippen LogP contribution in [0.2, 0.25) is 5.02 Å². The van der Waals surface area contributed by atoms with Crippen LogP contribution in [0.1, 0.15) is 50.6 Å². The number of halogens is 1. The van der Waals surface area contributed by atoms with Crippen LogP contribution in [0, 0.1) is 6.92 Å². The van der Waals surface area contributed by atoms with E-state index in [2.05, 4.69) is 0 Å². The highest BCUT2D eigenvalue weighted by Gasteiger charge is 2.23. The number of benzene rings is 2. The van der Waals surface area contributed by atoms with E-state index in [0.717, 1.165) is 22.5 Å². The maximum atomic E-state index is 13.8. The number of aryl methyl sites for hydroxylation is 1. The van der Waals surface area contributed by atoms with Crippen molar-refractivity contribution in [3.63, 3.8) is 0 Å². The van der Waals surface area contributed by atoms with E-state index in [4.69, 9.17) is 26.1 Å². The van der Waals surface area contributed by atoms with Crippen molar-refractivity contribution in [1.29, 1.82) is 0 Å². The van der Waals surface area contributed by atoms with Gasteiger partial charge in [-0.1, -0.05) is 35.5 Å². The molecule has 0 fully saturated rings. The smallest absolute Gasteiger partial charge is 0.348 e. The van der Waals surface area contributed by atoms with Gasteiger partial charge in [0.25, 0.3) is 5.56 Å². The molecular formula is C27H25ClN2O5S2. The molecule has 0 amide bonds. The highest BCUT2D eigenvalue weighted by Crippen LogP contribution is 2.33. The normalized spacial score (nSPS) is 11.1. The van der Waals surface area contributed by atoms with Gasteiger partial charge in [-0.2, -0.15) is 0 Å². The second kappa shape index (κ2) is 11.5. The molecule has 0 N–H and O–H groups in total. The second-order valence-corrected chi connectivity index (χ2v) is 10.6. The number of thioether (sulfide) groups is 1. The van der Waals surface area contributed by atoms with Crippen molar-refractivity contribution >= 4 is 56.7 Å². The zero-order chi connectivity index (χ0) is 26.7. The first-order valence-corrected chi connectivity index (χ1v) is 13.7. The summed E-state index contributed by atoms with van der Waals surface area (Å²) in [6.07, 6.45) is 0. The molecule has 0 aliphatic carbocycles. The van der Waals surface area contributed by atoms with Crippen LogP contribution in [0.25, 0.3) is 10.2 Å². The van der Waals surface area contributed by atoms with E-state index in [1.54, 1.807) is 55.9 Å². The number of rotatable bonds is 9. The van der Waals surface area contributed by atoms with Crippen LogP contribution < -0.4 is 10.3 Å². The zero-order valence-corrected chi connectivity index (χ0v) is 23.2. The zero-order valence-electron chi connectivity index (χ0n) is 20.8. The molecule has 0 bridgehead atoms. The van der Waals surface area contributed by atoms with Crippen molar-refractivity contribution in [1.82, 2.24) is 9.55 Å². The fraction of sp³-hybridized carbons (Fsp3) is 0.259. The van der Waals surface area contributed by atoms with Gasteiger partial charge in [-0.05, 0) is 62.2 Å². The molecule has 37 heavy (non-hydrogen) atoms. The highest BCUT2D eigenvalue weighted by atomic mass is 35.5. The molecule has 0 radical (unpaired) electrons. The van der Waals surface area contributed by atoms with E-state index in [1.807, 2.05) is 12.1 Å². The van der Waals surface area contributed by atoms with Gasteiger partial charge in [-0.3, -0.25) is 14.2 Å². The molecule has 0 saturated heterocycles. The Kier molecular flexibility index (Phi) is 8.36. The number of ether oxygens (including phenoxy) is 2. The lowest BCUT2D eigenvalue weighted by Gasteiger charge is -2.14. The maximum Gasteiger partial charge on any atom is 0.348 e. The number of fused-ring (bicyclic) bond motifs is 1. The van der Waals surface area contributed by atoms with Crippen LogP contribution >= 0.6 is 34.7 Å². The predicted octanol–water partition coefficient (Wildman–Crippen LogP) is 6.15. The Morgan fingerprint density at radius 2 is 1.97 bits per heavy atom. The molecule has 4 rings (SSSR count). The third-order valence-electron chi connectivity index (χ3n) is 5.75. The molecule has 7 nitrogen and oxygen atoms in total. The SMILES string of the molecule is CCOC(=O)c1sc2nc(SCc3cc(C(C)=O)ccc3OC)n(Cc3cccc(Cl)c3)c(=O)c2c1C. The molecule has 0 unspecified atom stereocenters. The molecule has 0 aliphatic rings. The fourth-order valence-electron chi connectivity index (χ4n) is 3.91. The molecule has 0 spiro atoms. The summed E-state index contributed by atoms with van der Waals surface area (Å²) in [5, 5.41) is 1.44. The first-order valence-electron chi connectivity index (χ1n) is 11.5. The number of methoxy groups -OCH3 is 1. The van der Waals surface area contributed by atoms with Crippen molar-refractivity contribution in [2.75, 3.05) is 13.7 Å². The topological polar surface area (TPSA) is 87.5 Å². The minimum Gasteiger partial charge on any atom is -0.496 e. The minimum absolute atomic E-state index is 0.0492. The average Bonchev–Trinajstić information content (AvgIpc) is 3.21. The Labute approximate surface area is 227 Å². The third kappa shape index (κ3) is 5.74. The Morgan fingerprint density at radius 3 is 2.65 bits per heavy atom. The van der Waals surface area contributed by atoms with E-state index >= 15 is 0 Å². The lowest BCUT2D eigenvalue weighted by molar-refractivity contribution is 0.0531. The van der Waals surface area contributed by atoms with Crippen LogP contribution in [0.15, 0.2) is 52.4 Å². The summed E-state index contributed by atoms with van der Waals surface area (Å²) < 4.78 is 12.3.